The molecule has 1 aliphatic rings. The first-order chi connectivity index (χ1) is 6.36. The predicted octanol–water partition coefficient (Wildman–Crippen LogP) is 2.66. The molecule has 1 aromatic rings. The number of nitrogens with one attached hydrogen (secondary N) is 1. The van der Waals surface area contributed by atoms with Gasteiger partial charge in [0, 0.05) is 12.2 Å². The fourth-order valence-corrected chi connectivity index (χ4v) is 1.96. The molecule has 2 heterocycles. The summed E-state index contributed by atoms with van der Waals surface area (Å²) in [7, 11) is 0. The lowest BCUT2D eigenvalue weighted by atomic mass is 9.99. The van der Waals surface area contributed by atoms with Gasteiger partial charge in [0.1, 0.15) is 4.60 Å². The number of rotatable bonds is 1. The van der Waals surface area contributed by atoms with Crippen LogP contribution >= 0.6 is 15.9 Å². The third kappa shape index (κ3) is 2.29. The van der Waals surface area contributed by atoms with Gasteiger partial charge in [-0.15, -0.1) is 0 Å². The molecule has 0 unspecified atom stereocenters. The van der Waals surface area contributed by atoms with Gasteiger partial charge in [-0.2, -0.15) is 0 Å². The number of hydrogen-bond donors (Lipinski definition) is 1. The van der Waals surface area contributed by atoms with E-state index in [0.717, 1.165) is 11.1 Å². The third-order valence-electron chi connectivity index (χ3n) is 2.46. The van der Waals surface area contributed by atoms with E-state index in [2.05, 4.69) is 32.3 Å². The van der Waals surface area contributed by atoms with E-state index in [-0.39, 0.29) is 0 Å². The van der Waals surface area contributed by atoms with Crippen LogP contribution < -0.4 is 5.32 Å². The predicted molar refractivity (Wildman–Crippen MR) is 56.5 cm³/mol. The molecule has 3 heteroatoms. The van der Waals surface area contributed by atoms with Crippen LogP contribution in [0, 0.1) is 0 Å². The van der Waals surface area contributed by atoms with Gasteiger partial charge in [-0.25, -0.2) is 4.98 Å². The van der Waals surface area contributed by atoms with E-state index in [4.69, 9.17) is 0 Å². The lowest BCUT2D eigenvalue weighted by Crippen LogP contribution is -2.26. The van der Waals surface area contributed by atoms with Gasteiger partial charge in [0.2, 0.25) is 0 Å². The Labute approximate surface area is 86.9 Å². The Kier molecular flexibility index (Phi) is 2.96. The lowest BCUT2D eigenvalue weighted by molar-refractivity contribution is 0.411. The molecule has 1 N–H and O–H groups in total. The first-order valence-corrected chi connectivity index (χ1v) is 5.50. The maximum atomic E-state index is 4.23. The third-order valence-corrected chi connectivity index (χ3v) is 2.93. The maximum Gasteiger partial charge on any atom is 0.106 e. The van der Waals surface area contributed by atoms with Crippen LogP contribution in [0.1, 0.15) is 30.9 Å². The average molecular weight is 241 g/mol. The van der Waals surface area contributed by atoms with E-state index in [1.807, 2.05) is 12.3 Å². The number of hydrogen-bond acceptors (Lipinski definition) is 2. The van der Waals surface area contributed by atoms with Gasteiger partial charge in [-0.3, -0.25) is 0 Å². The number of halogens is 1. The zero-order valence-electron chi connectivity index (χ0n) is 7.46. The van der Waals surface area contributed by atoms with Crippen molar-refractivity contribution in [2.45, 2.75) is 25.3 Å². The van der Waals surface area contributed by atoms with Crippen LogP contribution in [0.5, 0.6) is 0 Å². The lowest BCUT2D eigenvalue weighted by Gasteiger charge is -2.23. The SMILES string of the molecule is Brc1ccc([C@@H]2CCCCN2)cn1. The van der Waals surface area contributed by atoms with Crippen LogP contribution in [-0.4, -0.2) is 11.5 Å². The van der Waals surface area contributed by atoms with Crippen LogP contribution in [-0.2, 0) is 0 Å². The summed E-state index contributed by atoms with van der Waals surface area (Å²) in [6.45, 7) is 1.14. The van der Waals surface area contributed by atoms with Crippen molar-refractivity contribution < 1.29 is 0 Å². The molecule has 13 heavy (non-hydrogen) atoms. The molecule has 0 saturated carbocycles. The Hall–Kier alpha value is -0.410. The van der Waals surface area contributed by atoms with Crippen molar-refractivity contribution >= 4 is 15.9 Å². The van der Waals surface area contributed by atoms with Crippen LogP contribution in [0.2, 0.25) is 0 Å². The van der Waals surface area contributed by atoms with Gasteiger partial charge < -0.3 is 5.32 Å². The number of aromatic nitrogens is 1. The Balaban J connectivity index is 2.10. The number of nitrogens with zero attached hydrogens (tertiary/aromatic N) is 1. The van der Waals surface area contributed by atoms with E-state index < -0.39 is 0 Å². The summed E-state index contributed by atoms with van der Waals surface area (Å²) in [5.74, 6) is 0. The first-order valence-electron chi connectivity index (χ1n) is 4.71. The van der Waals surface area contributed by atoms with Crippen LogP contribution in [0.3, 0.4) is 0 Å². The molecule has 0 spiro atoms. The van der Waals surface area contributed by atoms with Crippen LogP contribution in [0.25, 0.3) is 0 Å². The molecule has 2 nitrogen and oxygen atoms in total. The van der Waals surface area contributed by atoms with Gasteiger partial charge >= 0.3 is 0 Å². The molecular weight excluding hydrogens is 228 g/mol. The van der Waals surface area contributed by atoms with Crippen molar-refractivity contribution in [3.8, 4) is 0 Å². The standard InChI is InChI=1S/C10H13BrN2/c11-10-5-4-8(7-13-10)9-3-1-2-6-12-9/h4-5,7,9,12H,1-3,6H2/t9-/m0/s1. The van der Waals surface area contributed by atoms with Crippen molar-refractivity contribution in [3.05, 3.63) is 28.5 Å². The minimum absolute atomic E-state index is 0.523. The van der Waals surface area contributed by atoms with Crippen molar-refractivity contribution in [2.75, 3.05) is 6.54 Å². The minimum atomic E-state index is 0.523. The molecule has 0 radical (unpaired) electrons. The molecule has 1 atom stereocenters. The topological polar surface area (TPSA) is 24.9 Å². The van der Waals surface area contributed by atoms with Gasteiger partial charge in [0.05, 0.1) is 0 Å². The summed E-state index contributed by atoms with van der Waals surface area (Å²) in [5.41, 5.74) is 1.31. The number of pyridine rings is 1. The van der Waals surface area contributed by atoms with Crippen molar-refractivity contribution in [1.82, 2.24) is 10.3 Å². The smallest absolute Gasteiger partial charge is 0.106 e. The van der Waals surface area contributed by atoms with Crippen molar-refractivity contribution in [2.24, 2.45) is 0 Å². The van der Waals surface area contributed by atoms with Crippen molar-refractivity contribution in [3.63, 3.8) is 0 Å². The Morgan fingerprint density at radius 1 is 1.38 bits per heavy atom. The normalized spacial score (nSPS) is 23.0. The summed E-state index contributed by atoms with van der Waals surface area (Å²) in [6, 6.07) is 4.67. The van der Waals surface area contributed by atoms with E-state index in [0.29, 0.717) is 6.04 Å². The van der Waals surface area contributed by atoms with Crippen LogP contribution in [0.4, 0.5) is 0 Å². The highest BCUT2D eigenvalue weighted by Gasteiger charge is 2.14. The molecule has 2 rings (SSSR count). The monoisotopic (exact) mass is 240 g/mol. The summed E-state index contributed by atoms with van der Waals surface area (Å²) in [4.78, 5) is 4.23. The van der Waals surface area contributed by atoms with Gasteiger partial charge in [-0.05, 0) is 46.9 Å². The highest BCUT2D eigenvalue weighted by atomic mass is 79.9. The average Bonchev–Trinajstić information content (AvgIpc) is 2.20. The molecule has 70 valence electrons. The molecule has 0 amide bonds. The highest BCUT2D eigenvalue weighted by molar-refractivity contribution is 9.10. The molecule has 1 aliphatic heterocycles. The highest BCUT2D eigenvalue weighted by Crippen LogP contribution is 2.22. The zero-order chi connectivity index (χ0) is 9.10. The van der Waals surface area contributed by atoms with Gasteiger partial charge in [-0.1, -0.05) is 12.5 Å². The second-order valence-corrected chi connectivity index (χ2v) is 4.23. The summed E-state index contributed by atoms with van der Waals surface area (Å²) in [6.07, 6.45) is 5.82. The second-order valence-electron chi connectivity index (χ2n) is 3.42. The summed E-state index contributed by atoms with van der Waals surface area (Å²) in [5, 5.41) is 3.50. The summed E-state index contributed by atoms with van der Waals surface area (Å²) < 4.78 is 0.909. The second kappa shape index (κ2) is 4.20. The Bertz CT molecular complexity index is 265. The zero-order valence-corrected chi connectivity index (χ0v) is 9.05. The fourth-order valence-electron chi connectivity index (χ4n) is 1.73. The van der Waals surface area contributed by atoms with Crippen molar-refractivity contribution in [1.29, 1.82) is 0 Å². The van der Waals surface area contributed by atoms with Crippen LogP contribution in [0.15, 0.2) is 22.9 Å². The van der Waals surface area contributed by atoms with E-state index in [1.165, 1.54) is 24.8 Å². The Morgan fingerprint density at radius 2 is 2.31 bits per heavy atom. The molecule has 0 bridgehead atoms. The van der Waals surface area contributed by atoms with Gasteiger partial charge in [0.25, 0.3) is 0 Å². The van der Waals surface area contributed by atoms with E-state index >= 15 is 0 Å². The number of piperidine rings is 1. The molecule has 1 fully saturated rings. The van der Waals surface area contributed by atoms with E-state index in [9.17, 15) is 0 Å². The molecule has 1 saturated heterocycles. The molecule has 0 aromatic carbocycles. The maximum absolute atomic E-state index is 4.23. The largest absolute Gasteiger partial charge is 0.310 e. The quantitative estimate of drug-likeness (QED) is 0.764. The van der Waals surface area contributed by atoms with E-state index in [1.54, 1.807) is 0 Å². The molecular formula is C10H13BrN2. The summed E-state index contributed by atoms with van der Waals surface area (Å²) >= 11 is 3.34. The molecule has 1 aromatic heterocycles. The Morgan fingerprint density at radius 3 is 2.92 bits per heavy atom. The molecule has 0 aliphatic carbocycles. The minimum Gasteiger partial charge on any atom is -0.310 e. The first kappa shape index (κ1) is 9.16. The van der Waals surface area contributed by atoms with Gasteiger partial charge in [0.15, 0.2) is 0 Å². The fraction of sp³-hybridized carbons (Fsp3) is 0.500.